The molecule has 1 aromatic heterocycles. The van der Waals surface area contributed by atoms with E-state index < -0.39 is 0 Å². The van der Waals surface area contributed by atoms with E-state index in [0.29, 0.717) is 47.9 Å². The van der Waals surface area contributed by atoms with Gasteiger partial charge >= 0.3 is 0 Å². The van der Waals surface area contributed by atoms with Crippen LogP contribution in [0.2, 0.25) is 5.02 Å². The van der Waals surface area contributed by atoms with E-state index in [1.165, 1.54) is 12.8 Å². The number of carbonyl (C=O) groups is 2. The maximum Gasteiger partial charge on any atom is 0.228 e. The van der Waals surface area contributed by atoms with Crippen LogP contribution in [0.4, 0.5) is 5.69 Å². The van der Waals surface area contributed by atoms with Gasteiger partial charge in [0.05, 0.1) is 18.7 Å². The molecular weight excluding hydrogens is 418 g/mol. The number of nitrogens with one attached hydrogen (secondary N) is 1. The number of aromatic nitrogens is 3. The molecule has 0 bridgehead atoms. The molecule has 9 heteroatoms. The lowest BCUT2D eigenvalue weighted by Gasteiger charge is -2.32. The summed E-state index contributed by atoms with van der Waals surface area (Å²) >= 11 is 6.13. The number of carbonyl (C=O) groups excluding carboxylic acids is 2. The number of likely N-dealkylation sites (tertiary alicyclic amines) is 1. The van der Waals surface area contributed by atoms with E-state index in [1.807, 2.05) is 4.90 Å². The van der Waals surface area contributed by atoms with Crippen molar-refractivity contribution < 1.29 is 14.3 Å². The maximum absolute atomic E-state index is 13.1. The van der Waals surface area contributed by atoms with Gasteiger partial charge in [-0.2, -0.15) is 5.10 Å². The standard InChI is InChI=1S/C22H26ClN5O3/c1-31-18-5-4-16(23)11-17(18)28-12-15(10-19(28)29)22(30)27-8-6-14(7-9-27)21-24-20(25-26-21)13-2-3-13/h4-5,11,13-15H,2-3,6-10,12H2,1H3,(H,24,25,26). The lowest BCUT2D eigenvalue weighted by atomic mass is 9.95. The van der Waals surface area contributed by atoms with Gasteiger partial charge < -0.3 is 14.5 Å². The number of piperidine rings is 1. The van der Waals surface area contributed by atoms with Crippen molar-refractivity contribution in [3.8, 4) is 5.75 Å². The van der Waals surface area contributed by atoms with E-state index >= 15 is 0 Å². The fourth-order valence-corrected chi connectivity index (χ4v) is 4.77. The molecule has 2 aliphatic heterocycles. The molecule has 2 amide bonds. The highest BCUT2D eigenvalue weighted by atomic mass is 35.5. The van der Waals surface area contributed by atoms with Crippen molar-refractivity contribution in [3.63, 3.8) is 0 Å². The molecule has 3 fully saturated rings. The Bertz CT molecular complexity index is 997. The number of halogens is 1. The molecule has 3 heterocycles. The van der Waals surface area contributed by atoms with Crippen molar-refractivity contribution in [1.29, 1.82) is 0 Å². The third-order valence-electron chi connectivity index (χ3n) is 6.56. The van der Waals surface area contributed by atoms with Gasteiger partial charge in [-0.15, -0.1) is 0 Å². The quantitative estimate of drug-likeness (QED) is 0.766. The van der Waals surface area contributed by atoms with Crippen LogP contribution in [0.25, 0.3) is 0 Å². The minimum absolute atomic E-state index is 0.0477. The fourth-order valence-electron chi connectivity index (χ4n) is 4.61. The molecule has 0 radical (unpaired) electrons. The number of ether oxygens (including phenoxy) is 1. The predicted octanol–water partition coefficient (Wildman–Crippen LogP) is 3.10. The first-order chi connectivity index (χ1) is 15.0. The number of hydrogen-bond acceptors (Lipinski definition) is 5. The van der Waals surface area contributed by atoms with Crippen LogP contribution in [-0.4, -0.2) is 58.6 Å². The molecule has 1 N–H and O–H groups in total. The Morgan fingerprint density at radius 1 is 1.19 bits per heavy atom. The predicted molar refractivity (Wildman–Crippen MR) is 115 cm³/mol. The van der Waals surface area contributed by atoms with Crippen LogP contribution in [0.15, 0.2) is 18.2 Å². The van der Waals surface area contributed by atoms with Crippen molar-refractivity contribution in [2.24, 2.45) is 5.92 Å². The summed E-state index contributed by atoms with van der Waals surface area (Å²) in [7, 11) is 1.56. The van der Waals surface area contributed by atoms with Crippen LogP contribution in [0.3, 0.4) is 0 Å². The minimum atomic E-state index is -0.348. The second-order valence-electron chi connectivity index (χ2n) is 8.67. The summed E-state index contributed by atoms with van der Waals surface area (Å²) in [5, 5.41) is 7.99. The Morgan fingerprint density at radius 3 is 2.68 bits per heavy atom. The molecule has 2 aromatic rings. The Morgan fingerprint density at radius 2 is 1.97 bits per heavy atom. The molecule has 1 saturated carbocycles. The van der Waals surface area contributed by atoms with Gasteiger partial charge in [0.1, 0.15) is 11.6 Å². The van der Waals surface area contributed by atoms with Crippen molar-refractivity contribution in [2.45, 2.75) is 43.9 Å². The summed E-state index contributed by atoms with van der Waals surface area (Å²) in [5.74, 6) is 2.92. The second kappa shape index (κ2) is 8.15. The Balaban J connectivity index is 1.21. The summed E-state index contributed by atoms with van der Waals surface area (Å²) in [5.41, 5.74) is 0.616. The van der Waals surface area contributed by atoms with Crippen molar-refractivity contribution in [3.05, 3.63) is 34.9 Å². The summed E-state index contributed by atoms with van der Waals surface area (Å²) in [6, 6.07) is 5.17. The van der Waals surface area contributed by atoms with Crippen LogP contribution < -0.4 is 9.64 Å². The topological polar surface area (TPSA) is 91.4 Å². The molecule has 1 atom stereocenters. The summed E-state index contributed by atoms with van der Waals surface area (Å²) < 4.78 is 5.39. The van der Waals surface area contributed by atoms with Crippen molar-refractivity contribution in [2.75, 3.05) is 31.6 Å². The SMILES string of the molecule is COc1ccc(Cl)cc1N1CC(C(=O)N2CCC(c3nc(C4CC4)n[nH]3)CC2)CC1=O. The molecule has 164 valence electrons. The van der Waals surface area contributed by atoms with Gasteiger partial charge in [-0.05, 0) is 43.9 Å². The normalized spacial score (nSPS) is 22.3. The highest BCUT2D eigenvalue weighted by Crippen LogP contribution is 2.39. The zero-order valence-electron chi connectivity index (χ0n) is 17.5. The first-order valence-electron chi connectivity index (χ1n) is 10.9. The third kappa shape index (κ3) is 4.01. The van der Waals surface area contributed by atoms with Gasteiger partial charge in [-0.25, -0.2) is 4.98 Å². The Hall–Kier alpha value is -2.61. The second-order valence-corrected chi connectivity index (χ2v) is 9.11. The van der Waals surface area contributed by atoms with Crippen LogP contribution in [-0.2, 0) is 9.59 Å². The summed E-state index contributed by atoms with van der Waals surface area (Å²) in [6.45, 7) is 1.70. The highest BCUT2D eigenvalue weighted by Gasteiger charge is 2.39. The van der Waals surface area contributed by atoms with Gasteiger partial charge in [-0.1, -0.05) is 11.6 Å². The van der Waals surface area contributed by atoms with Gasteiger partial charge in [0.25, 0.3) is 0 Å². The molecule has 8 nitrogen and oxygen atoms in total. The number of methoxy groups -OCH3 is 1. The van der Waals surface area contributed by atoms with Crippen LogP contribution >= 0.6 is 11.6 Å². The molecule has 3 aliphatic rings. The number of aromatic amines is 1. The fraction of sp³-hybridized carbons (Fsp3) is 0.545. The van der Waals surface area contributed by atoms with Gasteiger partial charge in [0.15, 0.2) is 5.82 Å². The van der Waals surface area contributed by atoms with Gasteiger partial charge in [0.2, 0.25) is 11.8 Å². The van der Waals surface area contributed by atoms with Crippen LogP contribution in [0, 0.1) is 5.92 Å². The van der Waals surface area contributed by atoms with Gasteiger partial charge in [-0.3, -0.25) is 14.7 Å². The molecule has 2 saturated heterocycles. The van der Waals surface area contributed by atoms with Crippen molar-refractivity contribution in [1.82, 2.24) is 20.1 Å². The highest BCUT2D eigenvalue weighted by molar-refractivity contribution is 6.31. The largest absolute Gasteiger partial charge is 0.495 e. The molecule has 0 spiro atoms. The lowest BCUT2D eigenvalue weighted by Crippen LogP contribution is -2.42. The minimum Gasteiger partial charge on any atom is -0.495 e. The molecule has 5 rings (SSSR count). The number of H-pyrrole nitrogens is 1. The first-order valence-corrected chi connectivity index (χ1v) is 11.3. The summed E-state index contributed by atoms with van der Waals surface area (Å²) in [4.78, 5) is 34.0. The number of anilines is 1. The lowest BCUT2D eigenvalue weighted by molar-refractivity contribution is -0.136. The van der Waals surface area contributed by atoms with E-state index in [0.717, 1.165) is 24.5 Å². The Kier molecular flexibility index (Phi) is 5.33. The van der Waals surface area contributed by atoms with Gasteiger partial charge in [0, 0.05) is 42.9 Å². The average molecular weight is 444 g/mol. The number of rotatable bonds is 5. The van der Waals surface area contributed by atoms with E-state index in [4.69, 9.17) is 16.3 Å². The van der Waals surface area contributed by atoms with E-state index in [2.05, 4.69) is 15.2 Å². The van der Waals surface area contributed by atoms with E-state index in [9.17, 15) is 9.59 Å². The molecule has 1 aromatic carbocycles. The smallest absolute Gasteiger partial charge is 0.228 e. The first kappa shape index (κ1) is 20.3. The summed E-state index contributed by atoms with van der Waals surface area (Å²) in [6.07, 6.45) is 4.29. The zero-order chi connectivity index (χ0) is 21.5. The third-order valence-corrected chi connectivity index (χ3v) is 6.80. The number of nitrogens with zero attached hydrogens (tertiary/aromatic N) is 4. The molecular formula is C22H26ClN5O3. The average Bonchev–Trinajstić information content (AvgIpc) is 3.39. The number of amides is 2. The van der Waals surface area contributed by atoms with Crippen LogP contribution in [0.5, 0.6) is 5.75 Å². The van der Waals surface area contributed by atoms with Crippen molar-refractivity contribution >= 4 is 29.1 Å². The number of hydrogen-bond donors (Lipinski definition) is 1. The van der Waals surface area contributed by atoms with E-state index in [1.54, 1.807) is 30.2 Å². The molecule has 1 unspecified atom stereocenters. The monoisotopic (exact) mass is 443 g/mol. The van der Waals surface area contributed by atoms with Crippen LogP contribution in [0.1, 0.15) is 55.6 Å². The Labute approximate surface area is 185 Å². The molecule has 31 heavy (non-hydrogen) atoms. The van der Waals surface area contributed by atoms with E-state index in [-0.39, 0.29) is 24.2 Å². The molecule has 1 aliphatic carbocycles. The number of benzene rings is 1. The maximum atomic E-state index is 13.1. The zero-order valence-corrected chi connectivity index (χ0v) is 18.3.